The molecule has 2 rings (SSSR count). The highest BCUT2D eigenvalue weighted by molar-refractivity contribution is 5.98. The molecule has 110 valence electrons. The lowest BCUT2D eigenvalue weighted by atomic mass is 10.1. The van der Waals surface area contributed by atoms with Crippen molar-refractivity contribution in [2.45, 2.75) is 6.18 Å². The number of carboxylic acids is 1. The average Bonchev–Trinajstić information content (AvgIpc) is 2.91. The molecule has 0 aliphatic carbocycles. The van der Waals surface area contributed by atoms with E-state index in [4.69, 9.17) is 5.11 Å². The number of anilines is 1. The molecule has 0 saturated heterocycles. The molecule has 1 heterocycles. The minimum absolute atomic E-state index is 0.0996. The number of hydrogen-bond acceptors (Lipinski definition) is 4. The first-order chi connectivity index (χ1) is 9.79. The highest BCUT2D eigenvalue weighted by Crippen LogP contribution is 2.25. The second-order valence-corrected chi connectivity index (χ2v) is 3.86. The Kier molecular flexibility index (Phi) is 3.61. The van der Waals surface area contributed by atoms with Gasteiger partial charge in [0.15, 0.2) is 0 Å². The molecule has 10 heteroatoms. The van der Waals surface area contributed by atoms with Crippen LogP contribution in [-0.2, 0) is 4.79 Å². The van der Waals surface area contributed by atoms with Crippen LogP contribution in [0, 0.1) is 0 Å². The van der Waals surface area contributed by atoms with Crippen LogP contribution < -0.4 is 5.32 Å². The highest BCUT2D eigenvalue weighted by atomic mass is 19.4. The van der Waals surface area contributed by atoms with Gasteiger partial charge in [-0.25, -0.2) is 4.79 Å². The molecule has 0 radical (unpaired) electrons. The number of aromatic carboxylic acids is 1. The summed E-state index contributed by atoms with van der Waals surface area (Å²) in [4.78, 5) is 21.9. The van der Waals surface area contributed by atoms with Crippen molar-refractivity contribution in [2.24, 2.45) is 0 Å². The molecule has 0 atom stereocenters. The molecule has 0 fully saturated rings. The molecule has 0 aliphatic heterocycles. The summed E-state index contributed by atoms with van der Waals surface area (Å²) in [5, 5.41) is 17.5. The number of halogens is 3. The molecule has 1 amide bonds. The Labute approximate surface area is 115 Å². The summed E-state index contributed by atoms with van der Waals surface area (Å²) >= 11 is 0. The third-order valence-electron chi connectivity index (χ3n) is 2.45. The molecule has 0 aliphatic rings. The number of carbonyl (C=O) groups is 2. The zero-order valence-corrected chi connectivity index (χ0v) is 10.1. The third kappa shape index (κ3) is 3.16. The van der Waals surface area contributed by atoms with Gasteiger partial charge in [0.25, 0.3) is 0 Å². The van der Waals surface area contributed by atoms with E-state index in [0.29, 0.717) is 0 Å². The molecule has 21 heavy (non-hydrogen) atoms. The van der Waals surface area contributed by atoms with Gasteiger partial charge < -0.3 is 10.4 Å². The molecular formula is C11H7F3N4O3. The first-order valence-corrected chi connectivity index (χ1v) is 5.39. The van der Waals surface area contributed by atoms with E-state index in [-0.39, 0.29) is 16.9 Å². The zero-order valence-electron chi connectivity index (χ0n) is 10.1. The molecule has 7 nitrogen and oxygen atoms in total. The maximum absolute atomic E-state index is 12.3. The second kappa shape index (κ2) is 5.23. The summed E-state index contributed by atoms with van der Waals surface area (Å²) in [6.07, 6.45) is -2.71. The van der Waals surface area contributed by atoms with Crippen LogP contribution in [0.3, 0.4) is 0 Å². The van der Waals surface area contributed by atoms with Gasteiger partial charge in [-0.2, -0.15) is 13.2 Å². The predicted molar refractivity (Wildman–Crippen MR) is 63.0 cm³/mol. The number of carboxylic acid groups (broad SMARTS) is 1. The van der Waals surface area contributed by atoms with Gasteiger partial charge in [0.1, 0.15) is 12.7 Å². The molecule has 0 spiro atoms. The number of nitrogens with one attached hydrogen (secondary N) is 1. The lowest BCUT2D eigenvalue weighted by Crippen LogP contribution is -2.30. The van der Waals surface area contributed by atoms with Gasteiger partial charge >= 0.3 is 18.1 Å². The van der Waals surface area contributed by atoms with Crippen LogP contribution in [-0.4, -0.2) is 37.9 Å². The number of rotatable bonds is 3. The van der Waals surface area contributed by atoms with Crippen LogP contribution in [0.4, 0.5) is 18.9 Å². The van der Waals surface area contributed by atoms with E-state index < -0.39 is 18.1 Å². The number of amides is 1. The summed E-state index contributed by atoms with van der Waals surface area (Å²) in [5.41, 5.74) is -0.496. The summed E-state index contributed by atoms with van der Waals surface area (Å²) in [5.74, 6) is -3.55. The number of alkyl halides is 3. The molecule has 0 bridgehead atoms. The van der Waals surface area contributed by atoms with Gasteiger partial charge in [-0.15, -0.1) is 10.2 Å². The van der Waals surface area contributed by atoms with Gasteiger partial charge in [0.05, 0.1) is 16.9 Å². The van der Waals surface area contributed by atoms with Gasteiger partial charge in [0, 0.05) is 0 Å². The number of aromatic nitrogens is 3. The topological polar surface area (TPSA) is 97.1 Å². The number of nitrogens with zero attached hydrogens (tertiary/aromatic N) is 3. The molecule has 1 aromatic heterocycles. The van der Waals surface area contributed by atoms with Crippen molar-refractivity contribution in [3.8, 4) is 5.69 Å². The zero-order chi connectivity index (χ0) is 15.6. The fraction of sp³-hybridized carbons (Fsp3) is 0.0909. The van der Waals surface area contributed by atoms with Crippen molar-refractivity contribution in [3.05, 3.63) is 36.4 Å². The summed E-state index contributed by atoms with van der Waals surface area (Å²) in [6, 6.07) is 3.33. The molecule has 2 N–H and O–H groups in total. The van der Waals surface area contributed by atoms with Gasteiger partial charge in [-0.3, -0.25) is 9.36 Å². The van der Waals surface area contributed by atoms with Crippen molar-refractivity contribution in [2.75, 3.05) is 5.32 Å². The fourth-order valence-corrected chi connectivity index (χ4v) is 1.51. The standard InChI is InChI=1S/C11H7F3N4O3/c12-11(13,14)10(21)17-7-3-6(9(19)20)1-2-8(7)18-4-15-16-5-18/h1-5H,(H,17,21)(H,19,20). The highest BCUT2D eigenvalue weighted by Gasteiger charge is 2.39. The number of benzene rings is 1. The Morgan fingerprint density at radius 2 is 1.81 bits per heavy atom. The Hall–Kier alpha value is -2.91. The van der Waals surface area contributed by atoms with E-state index in [9.17, 15) is 22.8 Å². The first-order valence-electron chi connectivity index (χ1n) is 5.39. The summed E-state index contributed by atoms with van der Waals surface area (Å²) < 4.78 is 38.2. The predicted octanol–water partition coefficient (Wildman–Crippen LogP) is 1.47. The van der Waals surface area contributed by atoms with E-state index >= 15 is 0 Å². The van der Waals surface area contributed by atoms with Crippen LogP contribution >= 0.6 is 0 Å². The Morgan fingerprint density at radius 1 is 1.19 bits per heavy atom. The van der Waals surface area contributed by atoms with Crippen LogP contribution in [0.25, 0.3) is 5.69 Å². The molecule has 0 saturated carbocycles. The lowest BCUT2D eigenvalue weighted by molar-refractivity contribution is -0.167. The van der Waals surface area contributed by atoms with Crippen molar-refractivity contribution < 1.29 is 27.9 Å². The van der Waals surface area contributed by atoms with Gasteiger partial charge in [0.2, 0.25) is 0 Å². The molecular weight excluding hydrogens is 293 g/mol. The maximum Gasteiger partial charge on any atom is 0.471 e. The molecule has 1 aromatic carbocycles. The van der Waals surface area contributed by atoms with Crippen molar-refractivity contribution >= 4 is 17.6 Å². The molecule has 0 unspecified atom stereocenters. The molecule has 2 aromatic rings. The van der Waals surface area contributed by atoms with Gasteiger partial charge in [-0.05, 0) is 18.2 Å². The summed E-state index contributed by atoms with van der Waals surface area (Å²) in [6.45, 7) is 0. The minimum atomic E-state index is -5.09. The van der Waals surface area contributed by atoms with Crippen LogP contribution in [0.5, 0.6) is 0 Å². The van der Waals surface area contributed by atoms with Crippen molar-refractivity contribution in [3.63, 3.8) is 0 Å². The largest absolute Gasteiger partial charge is 0.478 e. The monoisotopic (exact) mass is 300 g/mol. The Balaban J connectivity index is 2.47. The Morgan fingerprint density at radius 3 is 2.33 bits per heavy atom. The number of carbonyl (C=O) groups excluding carboxylic acids is 1. The Bertz CT molecular complexity index is 683. The third-order valence-corrected chi connectivity index (χ3v) is 2.45. The second-order valence-electron chi connectivity index (χ2n) is 3.86. The minimum Gasteiger partial charge on any atom is -0.478 e. The number of hydrogen-bond donors (Lipinski definition) is 2. The van der Waals surface area contributed by atoms with E-state index in [0.717, 1.165) is 6.07 Å². The van der Waals surface area contributed by atoms with Crippen molar-refractivity contribution in [1.29, 1.82) is 0 Å². The van der Waals surface area contributed by atoms with Crippen LogP contribution in [0.2, 0.25) is 0 Å². The first kappa shape index (κ1) is 14.5. The lowest BCUT2D eigenvalue weighted by Gasteiger charge is -2.13. The van der Waals surface area contributed by atoms with E-state index in [1.54, 1.807) is 5.32 Å². The fourth-order valence-electron chi connectivity index (χ4n) is 1.51. The summed E-state index contributed by atoms with van der Waals surface area (Å²) in [7, 11) is 0. The normalized spacial score (nSPS) is 11.2. The average molecular weight is 300 g/mol. The van der Waals surface area contributed by atoms with Crippen LogP contribution in [0.1, 0.15) is 10.4 Å². The smallest absolute Gasteiger partial charge is 0.471 e. The maximum atomic E-state index is 12.3. The van der Waals surface area contributed by atoms with Crippen molar-refractivity contribution in [1.82, 2.24) is 14.8 Å². The van der Waals surface area contributed by atoms with E-state index in [1.165, 1.54) is 29.4 Å². The van der Waals surface area contributed by atoms with Gasteiger partial charge in [-0.1, -0.05) is 0 Å². The van der Waals surface area contributed by atoms with Crippen LogP contribution in [0.15, 0.2) is 30.9 Å². The quantitative estimate of drug-likeness (QED) is 0.894. The SMILES string of the molecule is O=C(O)c1ccc(-n2cnnc2)c(NC(=O)C(F)(F)F)c1. The van der Waals surface area contributed by atoms with E-state index in [2.05, 4.69) is 10.2 Å². The van der Waals surface area contributed by atoms with E-state index in [1.807, 2.05) is 0 Å².